The average molecular weight is 481 g/mol. The summed E-state index contributed by atoms with van der Waals surface area (Å²) >= 11 is 0. The van der Waals surface area contributed by atoms with Gasteiger partial charge in [0.2, 0.25) is 0 Å². The summed E-state index contributed by atoms with van der Waals surface area (Å²) < 4.78 is 6.77. The molecule has 0 bridgehead atoms. The number of aliphatic hydroxyl groups excluding tert-OH is 1. The normalized spacial score (nSPS) is 19.9. The zero-order valence-electron chi connectivity index (χ0n) is 20.5. The average Bonchev–Trinajstić information content (AvgIpc) is 3.62. The van der Waals surface area contributed by atoms with Crippen molar-refractivity contribution in [3.63, 3.8) is 0 Å². The van der Waals surface area contributed by atoms with Crippen LogP contribution >= 0.6 is 0 Å². The number of para-hydroxylation sites is 1. The summed E-state index contributed by atoms with van der Waals surface area (Å²) in [5.74, 6) is 0.970. The van der Waals surface area contributed by atoms with Crippen LogP contribution in [0.25, 0.3) is 10.9 Å². The van der Waals surface area contributed by atoms with Gasteiger partial charge in [-0.1, -0.05) is 18.2 Å². The van der Waals surface area contributed by atoms with E-state index in [4.69, 9.17) is 4.74 Å². The van der Waals surface area contributed by atoms with Crippen LogP contribution < -0.4 is 15.0 Å². The summed E-state index contributed by atoms with van der Waals surface area (Å²) in [5.41, 5.74) is 7.62. The zero-order chi connectivity index (χ0) is 24.1. The molecule has 2 aromatic carbocycles. The third kappa shape index (κ3) is 3.71. The molecule has 3 N–H and O–H groups in total. The zero-order valence-corrected chi connectivity index (χ0v) is 20.5. The molecule has 6 heteroatoms. The van der Waals surface area contributed by atoms with E-state index in [2.05, 4.69) is 68.8 Å². The second-order valence-corrected chi connectivity index (χ2v) is 10.6. The summed E-state index contributed by atoms with van der Waals surface area (Å²) in [7, 11) is 0. The molecule has 0 radical (unpaired) electrons. The minimum atomic E-state index is -0.457. The van der Waals surface area contributed by atoms with Crippen LogP contribution in [0, 0.1) is 0 Å². The van der Waals surface area contributed by atoms with Crippen molar-refractivity contribution < 1.29 is 9.84 Å². The van der Waals surface area contributed by atoms with E-state index < -0.39 is 6.10 Å². The number of fused-ring (bicyclic) bond motifs is 3. The summed E-state index contributed by atoms with van der Waals surface area (Å²) in [5, 5.41) is 15.1. The van der Waals surface area contributed by atoms with Crippen molar-refractivity contribution >= 4 is 28.0 Å². The standard InChI is InChI=1S/C30H32N4O2/c35-27-10-8-23-25(11-15-31-29(23)27)33-21-7-9-26-28(17-21)36-30(13-3-4-14-30)19-34(26)16-12-20-18-32-24-6-2-1-5-22(20)24/h1-2,5-7,9,11,15,17-18,27,32,35H,3-4,8,10,12-14,16,19H2,(H,31,33). The van der Waals surface area contributed by atoms with E-state index in [-0.39, 0.29) is 5.60 Å². The fourth-order valence-corrected chi connectivity index (χ4v) is 6.46. The Morgan fingerprint density at radius 3 is 2.94 bits per heavy atom. The quantitative estimate of drug-likeness (QED) is 0.325. The number of benzene rings is 2. The molecular weight excluding hydrogens is 448 g/mol. The first-order chi connectivity index (χ1) is 17.7. The Balaban J connectivity index is 1.18. The van der Waals surface area contributed by atoms with E-state index in [1.165, 1.54) is 35.0 Å². The molecule has 1 saturated carbocycles. The molecule has 7 rings (SSSR count). The fourth-order valence-electron chi connectivity index (χ4n) is 6.46. The van der Waals surface area contributed by atoms with Crippen molar-refractivity contribution in [2.45, 2.75) is 56.7 Å². The van der Waals surface area contributed by atoms with Crippen LogP contribution in [-0.4, -0.2) is 33.8 Å². The molecule has 2 aliphatic carbocycles. The maximum atomic E-state index is 10.2. The number of hydrogen-bond donors (Lipinski definition) is 3. The number of rotatable bonds is 5. The van der Waals surface area contributed by atoms with Crippen molar-refractivity contribution in [1.29, 1.82) is 0 Å². The van der Waals surface area contributed by atoms with E-state index >= 15 is 0 Å². The molecule has 0 amide bonds. The number of aromatic nitrogens is 2. The smallest absolute Gasteiger partial charge is 0.145 e. The third-order valence-corrected chi connectivity index (χ3v) is 8.30. The maximum Gasteiger partial charge on any atom is 0.145 e. The van der Waals surface area contributed by atoms with Gasteiger partial charge in [0.05, 0.1) is 24.0 Å². The fraction of sp³-hybridized carbons (Fsp3) is 0.367. The predicted octanol–water partition coefficient (Wildman–Crippen LogP) is 6.04. The lowest BCUT2D eigenvalue weighted by molar-refractivity contribution is 0.0731. The summed E-state index contributed by atoms with van der Waals surface area (Å²) in [6.45, 7) is 1.91. The summed E-state index contributed by atoms with van der Waals surface area (Å²) in [4.78, 5) is 10.4. The topological polar surface area (TPSA) is 73.4 Å². The van der Waals surface area contributed by atoms with E-state index in [0.29, 0.717) is 0 Å². The second kappa shape index (κ2) is 8.56. The van der Waals surface area contributed by atoms with Crippen molar-refractivity contribution in [1.82, 2.24) is 9.97 Å². The van der Waals surface area contributed by atoms with Gasteiger partial charge in [-0.3, -0.25) is 4.98 Å². The highest BCUT2D eigenvalue weighted by atomic mass is 16.5. The minimum absolute atomic E-state index is 0.0894. The molecule has 2 aromatic heterocycles. The molecule has 36 heavy (non-hydrogen) atoms. The molecule has 0 saturated heterocycles. The number of aliphatic hydroxyl groups is 1. The van der Waals surface area contributed by atoms with Crippen LogP contribution in [0.1, 0.15) is 55.0 Å². The maximum absolute atomic E-state index is 10.2. The van der Waals surface area contributed by atoms with E-state index in [1.54, 1.807) is 6.20 Å². The van der Waals surface area contributed by atoms with Crippen LogP contribution in [0.2, 0.25) is 0 Å². The van der Waals surface area contributed by atoms with Crippen LogP contribution in [0.3, 0.4) is 0 Å². The lowest BCUT2D eigenvalue weighted by Crippen LogP contribution is -2.49. The molecule has 1 atom stereocenters. The van der Waals surface area contributed by atoms with Crippen molar-refractivity contribution in [2.75, 3.05) is 23.3 Å². The third-order valence-electron chi connectivity index (χ3n) is 8.30. The molecule has 1 fully saturated rings. The predicted molar refractivity (Wildman–Crippen MR) is 143 cm³/mol. The number of nitrogens with one attached hydrogen (secondary N) is 2. The molecule has 3 heterocycles. The lowest BCUT2D eigenvalue weighted by Gasteiger charge is -2.43. The van der Waals surface area contributed by atoms with Crippen molar-refractivity contribution in [3.8, 4) is 5.75 Å². The minimum Gasteiger partial charge on any atom is -0.483 e. The van der Waals surface area contributed by atoms with Gasteiger partial charge in [0.15, 0.2) is 0 Å². The molecule has 1 unspecified atom stereocenters. The van der Waals surface area contributed by atoms with Gasteiger partial charge in [0, 0.05) is 47.3 Å². The van der Waals surface area contributed by atoms with Gasteiger partial charge in [-0.25, -0.2) is 0 Å². The van der Waals surface area contributed by atoms with Gasteiger partial charge >= 0.3 is 0 Å². The van der Waals surface area contributed by atoms with Gasteiger partial charge in [-0.15, -0.1) is 0 Å². The number of H-pyrrole nitrogens is 1. The molecule has 4 aromatic rings. The Hall–Kier alpha value is -3.51. The highest BCUT2D eigenvalue weighted by molar-refractivity contribution is 5.83. The Morgan fingerprint density at radius 2 is 2.03 bits per heavy atom. The second-order valence-electron chi connectivity index (χ2n) is 10.6. The van der Waals surface area contributed by atoms with Crippen LogP contribution in [0.5, 0.6) is 5.75 Å². The van der Waals surface area contributed by atoms with E-state index in [1.807, 2.05) is 6.07 Å². The first kappa shape index (κ1) is 21.7. The van der Waals surface area contributed by atoms with E-state index in [0.717, 1.165) is 73.6 Å². The number of anilines is 3. The number of nitrogens with zero attached hydrogens (tertiary/aromatic N) is 2. The van der Waals surface area contributed by atoms with Crippen LogP contribution in [0.15, 0.2) is 60.9 Å². The van der Waals surface area contributed by atoms with Gasteiger partial charge in [-0.05, 0) is 80.3 Å². The number of pyridine rings is 1. The van der Waals surface area contributed by atoms with Gasteiger partial charge in [-0.2, -0.15) is 0 Å². The summed E-state index contributed by atoms with van der Waals surface area (Å²) in [6, 6.07) is 17.1. The van der Waals surface area contributed by atoms with Crippen molar-refractivity contribution in [3.05, 3.63) is 77.7 Å². The highest BCUT2D eigenvalue weighted by Gasteiger charge is 2.42. The SMILES string of the molecule is OC1CCc2c(Nc3ccc4c(c3)OC3(CCCC3)CN4CCc3c[nH]c4ccccc34)ccnc21. The number of ether oxygens (including phenoxy) is 1. The Kier molecular flexibility index (Phi) is 5.17. The monoisotopic (exact) mass is 480 g/mol. The molecular formula is C30H32N4O2. The lowest BCUT2D eigenvalue weighted by atomic mass is 9.97. The molecule has 6 nitrogen and oxygen atoms in total. The van der Waals surface area contributed by atoms with Crippen molar-refractivity contribution in [2.24, 2.45) is 0 Å². The van der Waals surface area contributed by atoms with Gasteiger partial charge in [0.25, 0.3) is 0 Å². The van der Waals surface area contributed by atoms with Crippen LogP contribution in [0.4, 0.5) is 17.1 Å². The largest absolute Gasteiger partial charge is 0.483 e. The first-order valence-corrected chi connectivity index (χ1v) is 13.2. The van der Waals surface area contributed by atoms with Gasteiger partial charge < -0.3 is 25.0 Å². The van der Waals surface area contributed by atoms with E-state index in [9.17, 15) is 5.11 Å². The highest BCUT2D eigenvalue weighted by Crippen LogP contribution is 2.45. The molecule has 1 aliphatic heterocycles. The van der Waals surface area contributed by atoms with Gasteiger partial charge in [0.1, 0.15) is 11.4 Å². The first-order valence-electron chi connectivity index (χ1n) is 13.2. The number of hydrogen-bond acceptors (Lipinski definition) is 5. The Bertz CT molecular complexity index is 1420. The van der Waals surface area contributed by atoms with Crippen LogP contribution in [-0.2, 0) is 12.8 Å². The molecule has 3 aliphatic rings. The molecule has 184 valence electrons. The summed E-state index contributed by atoms with van der Waals surface area (Å²) in [6.07, 6.45) is 10.8. The molecule has 1 spiro atoms. The Morgan fingerprint density at radius 1 is 1.14 bits per heavy atom. The number of aromatic amines is 1. The Labute approximate surface area is 211 Å².